The second-order valence-corrected chi connectivity index (χ2v) is 6.57. The molecule has 3 rings (SSSR count). The number of guanidine groups is 2. The van der Waals surface area contributed by atoms with Crippen LogP contribution in [-0.4, -0.2) is 29.8 Å². The molecule has 28 heavy (non-hydrogen) atoms. The first-order valence-corrected chi connectivity index (χ1v) is 8.82. The number of anilines is 2. The van der Waals surface area contributed by atoms with Crippen molar-refractivity contribution in [1.82, 2.24) is 5.32 Å². The highest BCUT2D eigenvalue weighted by Crippen LogP contribution is 2.15. The molecular formula is C20H22N6O2. The van der Waals surface area contributed by atoms with Gasteiger partial charge in [-0.3, -0.25) is 14.9 Å². The molecule has 0 unspecified atom stereocenters. The molecule has 1 atom stereocenters. The lowest BCUT2D eigenvalue weighted by Crippen LogP contribution is -2.32. The van der Waals surface area contributed by atoms with Gasteiger partial charge in [0.15, 0.2) is 0 Å². The molecule has 0 saturated heterocycles. The molecule has 0 aliphatic carbocycles. The SMILES string of the molecule is Cc1cc(C)cc(NC(=O)C[C@@H]2N=C(N=C(N)Nc3ccccc3)NC2=O)c1. The van der Waals surface area contributed by atoms with E-state index in [9.17, 15) is 9.59 Å². The molecule has 2 aromatic carbocycles. The molecular weight excluding hydrogens is 356 g/mol. The van der Waals surface area contributed by atoms with Gasteiger partial charge in [0.2, 0.25) is 17.8 Å². The van der Waals surface area contributed by atoms with E-state index in [1.807, 2.05) is 62.4 Å². The summed E-state index contributed by atoms with van der Waals surface area (Å²) in [5.74, 6) is -0.517. The van der Waals surface area contributed by atoms with E-state index in [2.05, 4.69) is 25.9 Å². The van der Waals surface area contributed by atoms with Crippen LogP contribution in [0.3, 0.4) is 0 Å². The number of benzene rings is 2. The molecule has 1 aliphatic heterocycles. The maximum atomic E-state index is 12.3. The van der Waals surface area contributed by atoms with E-state index in [0.717, 1.165) is 16.8 Å². The van der Waals surface area contributed by atoms with Crippen LogP contribution in [0.4, 0.5) is 11.4 Å². The lowest BCUT2D eigenvalue weighted by molar-refractivity contribution is -0.123. The third-order valence-electron chi connectivity index (χ3n) is 3.97. The molecule has 1 aliphatic rings. The van der Waals surface area contributed by atoms with Gasteiger partial charge in [0.05, 0.1) is 6.42 Å². The van der Waals surface area contributed by atoms with Crippen molar-refractivity contribution in [3.05, 3.63) is 59.7 Å². The number of hydrogen-bond donors (Lipinski definition) is 4. The smallest absolute Gasteiger partial charge is 0.252 e. The van der Waals surface area contributed by atoms with Crippen molar-refractivity contribution in [2.24, 2.45) is 15.7 Å². The van der Waals surface area contributed by atoms with Gasteiger partial charge in [-0.25, -0.2) is 4.99 Å². The Kier molecular flexibility index (Phi) is 5.69. The first-order chi connectivity index (χ1) is 13.4. The summed E-state index contributed by atoms with van der Waals surface area (Å²) in [7, 11) is 0. The number of nitrogens with one attached hydrogen (secondary N) is 3. The van der Waals surface area contributed by atoms with Gasteiger partial charge in [0.25, 0.3) is 5.91 Å². The van der Waals surface area contributed by atoms with E-state index in [1.165, 1.54) is 0 Å². The number of nitrogens with zero attached hydrogens (tertiary/aromatic N) is 2. The first kappa shape index (κ1) is 19.1. The predicted octanol–water partition coefficient (Wildman–Crippen LogP) is 1.91. The van der Waals surface area contributed by atoms with Crippen LogP contribution < -0.4 is 21.7 Å². The first-order valence-electron chi connectivity index (χ1n) is 8.82. The van der Waals surface area contributed by atoms with Crippen LogP contribution in [0, 0.1) is 13.8 Å². The number of aliphatic imine (C=N–C) groups is 2. The normalized spacial score (nSPS) is 16.4. The van der Waals surface area contributed by atoms with Crippen LogP contribution in [0.25, 0.3) is 0 Å². The van der Waals surface area contributed by atoms with Crippen LogP contribution >= 0.6 is 0 Å². The van der Waals surface area contributed by atoms with Crippen molar-refractivity contribution >= 4 is 35.1 Å². The van der Waals surface area contributed by atoms with Gasteiger partial charge in [0, 0.05) is 11.4 Å². The third kappa shape index (κ3) is 5.16. The lowest BCUT2D eigenvalue weighted by Gasteiger charge is -2.08. The van der Waals surface area contributed by atoms with Crippen LogP contribution in [0.1, 0.15) is 17.5 Å². The van der Waals surface area contributed by atoms with Gasteiger partial charge < -0.3 is 16.4 Å². The van der Waals surface area contributed by atoms with Gasteiger partial charge in [-0.15, -0.1) is 0 Å². The molecule has 0 fully saturated rings. The van der Waals surface area contributed by atoms with Crippen molar-refractivity contribution in [1.29, 1.82) is 0 Å². The quantitative estimate of drug-likeness (QED) is 0.480. The molecule has 8 nitrogen and oxygen atoms in total. The lowest BCUT2D eigenvalue weighted by atomic mass is 10.1. The largest absolute Gasteiger partial charge is 0.369 e. The summed E-state index contributed by atoms with van der Waals surface area (Å²) in [4.78, 5) is 32.6. The van der Waals surface area contributed by atoms with E-state index in [-0.39, 0.29) is 30.2 Å². The van der Waals surface area contributed by atoms with Crippen molar-refractivity contribution in [2.75, 3.05) is 10.6 Å². The number of rotatable bonds is 4. The van der Waals surface area contributed by atoms with Crippen molar-refractivity contribution < 1.29 is 9.59 Å². The second kappa shape index (κ2) is 8.34. The number of hydrogen-bond acceptors (Lipinski definition) is 4. The van der Waals surface area contributed by atoms with Crippen LogP contribution in [-0.2, 0) is 9.59 Å². The fraction of sp³-hybridized carbons (Fsp3) is 0.200. The minimum absolute atomic E-state index is 0.0788. The highest BCUT2D eigenvalue weighted by Gasteiger charge is 2.28. The second-order valence-electron chi connectivity index (χ2n) is 6.57. The molecule has 0 bridgehead atoms. The molecule has 0 spiro atoms. The Morgan fingerprint density at radius 2 is 1.79 bits per heavy atom. The van der Waals surface area contributed by atoms with Gasteiger partial charge in [-0.1, -0.05) is 24.3 Å². The summed E-state index contributed by atoms with van der Waals surface area (Å²) in [5, 5.41) is 8.23. The number of carbonyl (C=O) groups is 2. The maximum Gasteiger partial charge on any atom is 0.252 e. The Morgan fingerprint density at radius 1 is 1.11 bits per heavy atom. The van der Waals surface area contributed by atoms with Crippen molar-refractivity contribution in [2.45, 2.75) is 26.3 Å². The average Bonchev–Trinajstić information content (AvgIpc) is 2.93. The highest BCUT2D eigenvalue weighted by atomic mass is 16.2. The van der Waals surface area contributed by atoms with Gasteiger partial charge in [-0.05, 0) is 49.2 Å². The molecule has 5 N–H and O–H groups in total. The fourth-order valence-corrected chi connectivity index (χ4v) is 2.87. The Morgan fingerprint density at radius 3 is 2.46 bits per heavy atom. The van der Waals surface area contributed by atoms with Gasteiger partial charge >= 0.3 is 0 Å². The summed E-state index contributed by atoms with van der Waals surface area (Å²) < 4.78 is 0. The highest BCUT2D eigenvalue weighted by molar-refractivity contribution is 6.11. The molecule has 0 aromatic heterocycles. The number of carbonyl (C=O) groups excluding carboxylic acids is 2. The topological polar surface area (TPSA) is 121 Å². The summed E-state index contributed by atoms with van der Waals surface area (Å²) in [6, 6.07) is 14.2. The molecule has 2 aromatic rings. The Labute approximate surface area is 163 Å². The zero-order valence-corrected chi connectivity index (χ0v) is 15.7. The standard InChI is InChI=1S/C20H22N6O2/c1-12-8-13(2)10-15(9-12)22-17(27)11-16-18(28)25-20(24-16)26-19(21)23-14-6-4-3-5-7-14/h3-10,16H,11H2,1-2H3,(H,22,27)(H4,21,23,24,25,26,28)/t16-/m0/s1. The number of para-hydroxylation sites is 1. The molecule has 0 saturated carbocycles. The fourth-order valence-electron chi connectivity index (χ4n) is 2.87. The van der Waals surface area contributed by atoms with E-state index < -0.39 is 6.04 Å². The van der Waals surface area contributed by atoms with E-state index in [1.54, 1.807) is 0 Å². The molecule has 8 heteroatoms. The van der Waals surface area contributed by atoms with Crippen LogP contribution in [0.2, 0.25) is 0 Å². The molecule has 144 valence electrons. The molecule has 0 radical (unpaired) electrons. The van der Waals surface area contributed by atoms with Gasteiger partial charge in [-0.2, -0.15) is 4.99 Å². The Hall–Kier alpha value is -3.68. The monoisotopic (exact) mass is 378 g/mol. The van der Waals surface area contributed by atoms with Crippen LogP contribution in [0.15, 0.2) is 58.5 Å². The number of aryl methyl sites for hydroxylation is 2. The van der Waals surface area contributed by atoms with Crippen molar-refractivity contribution in [3.63, 3.8) is 0 Å². The predicted molar refractivity (Wildman–Crippen MR) is 110 cm³/mol. The minimum Gasteiger partial charge on any atom is -0.369 e. The molecule has 2 amide bonds. The third-order valence-corrected chi connectivity index (χ3v) is 3.97. The summed E-state index contributed by atoms with van der Waals surface area (Å²) in [6.45, 7) is 3.91. The average molecular weight is 378 g/mol. The van der Waals surface area contributed by atoms with Crippen molar-refractivity contribution in [3.8, 4) is 0 Å². The summed E-state index contributed by atoms with van der Waals surface area (Å²) >= 11 is 0. The Balaban J connectivity index is 1.61. The number of amides is 2. The zero-order valence-electron chi connectivity index (χ0n) is 15.7. The summed E-state index contributed by atoms with van der Waals surface area (Å²) in [5.41, 5.74) is 9.38. The zero-order chi connectivity index (χ0) is 20.1. The number of nitrogens with two attached hydrogens (primary N) is 1. The maximum absolute atomic E-state index is 12.3. The van der Waals surface area contributed by atoms with E-state index in [0.29, 0.717) is 5.69 Å². The molecule has 1 heterocycles. The van der Waals surface area contributed by atoms with E-state index in [4.69, 9.17) is 5.73 Å². The summed E-state index contributed by atoms with van der Waals surface area (Å²) in [6.07, 6.45) is -0.0795. The minimum atomic E-state index is -0.839. The van der Waals surface area contributed by atoms with E-state index >= 15 is 0 Å². The van der Waals surface area contributed by atoms with Crippen LogP contribution in [0.5, 0.6) is 0 Å². The van der Waals surface area contributed by atoms with Gasteiger partial charge in [0.1, 0.15) is 6.04 Å². The Bertz CT molecular complexity index is 932.